The maximum Gasteiger partial charge on any atom is 0.132 e. The van der Waals surface area contributed by atoms with Crippen LogP contribution in [-0.2, 0) is 6.61 Å². The van der Waals surface area contributed by atoms with Crippen LogP contribution in [0.2, 0.25) is 0 Å². The van der Waals surface area contributed by atoms with Crippen molar-refractivity contribution in [2.75, 3.05) is 6.67 Å². The van der Waals surface area contributed by atoms with Crippen LogP contribution < -0.4 is 4.74 Å². The van der Waals surface area contributed by atoms with E-state index in [4.69, 9.17) is 4.74 Å². The molecule has 3 aromatic carbocycles. The summed E-state index contributed by atoms with van der Waals surface area (Å²) in [5, 5.41) is 15.9. The van der Waals surface area contributed by atoms with E-state index >= 15 is 0 Å². The van der Waals surface area contributed by atoms with Crippen LogP contribution in [0.15, 0.2) is 107 Å². The minimum atomic E-state index is -0.297. The molecule has 0 aliphatic carbocycles. The highest BCUT2D eigenvalue weighted by Crippen LogP contribution is 2.27. The summed E-state index contributed by atoms with van der Waals surface area (Å²) in [6.07, 6.45) is 1.90. The number of aliphatic hydroxyl groups is 1. The van der Waals surface area contributed by atoms with Gasteiger partial charge >= 0.3 is 0 Å². The number of allylic oxidation sites excluding steroid dienone is 2. The van der Waals surface area contributed by atoms with Crippen molar-refractivity contribution in [2.24, 2.45) is 10.1 Å². The van der Waals surface area contributed by atoms with E-state index in [1.165, 1.54) is 12.1 Å². The molecule has 33 heavy (non-hydrogen) atoms. The number of nitrogens with zero attached hydrogens (tertiary/aromatic N) is 3. The first-order valence-corrected chi connectivity index (χ1v) is 10.5. The van der Waals surface area contributed by atoms with E-state index in [2.05, 4.69) is 16.7 Å². The highest BCUT2D eigenvalue weighted by Gasteiger charge is 2.18. The Hall–Kier alpha value is -4.19. The van der Waals surface area contributed by atoms with Crippen molar-refractivity contribution in [3.05, 3.63) is 120 Å². The molecule has 0 fully saturated rings. The molecule has 0 unspecified atom stereocenters. The first-order valence-electron chi connectivity index (χ1n) is 10.5. The highest BCUT2D eigenvalue weighted by molar-refractivity contribution is 6.12. The number of aliphatic imine (C=N–C) groups is 1. The molecule has 1 aliphatic heterocycles. The van der Waals surface area contributed by atoms with Gasteiger partial charge in [0.1, 0.15) is 30.6 Å². The molecule has 0 atom stereocenters. The average Bonchev–Trinajstić information content (AvgIpc) is 2.84. The molecule has 0 bridgehead atoms. The number of benzene rings is 3. The first kappa shape index (κ1) is 22.0. The standard InChI is InChI=1S/C27H24FN3O2/c1-19(20(2)32)30-31-18-29-26(22-8-12-24(28)13-9-22)16-27(31)23-10-14-25(15-11-23)33-17-21-6-4-3-5-7-21/h3-16,32H,2,17-18H2,1H3/b30-19+. The van der Waals surface area contributed by atoms with E-state index in [-0.39, 0.29) is 18.2 Å². The Bertz CT molecular complexity index is 1210. The van der Waals surface area contributed by atoms with Gasteiger partial charge in [0.15, 0.2) is 0 Å². The maximum absolute atomic E-state index is 13.4. The SMILES string of the molecule is C=C(O)/C(C)=N/N1CN=C(c2ccc(F)cc2)C=C1c1ccc(OCc2ccccc2)cc1. The second-order valence-corrected chi connectivity index (χ2v) is 7.55. The molecule has 1 aliphatic rings. The summed E-state index contributed by atoms with van der Waals surface area (Å²) in [4.78, 5) is 4.58. The zero-order valence-corrected chi connectivity index (χ0v) is 18.3. The molecule has 0 saturated heterocycles. The molecule has 0 aromatic heterocycles. The molecule has 0 amide bonds. The van der Waals surface area contributed by atoms with Gasteiger partial charge in [-0.1, -0.05) is 36.9 Å². The Morgan fingerprint density at radius 1 is 1.03 bits per heavy atom. The fourth-order valence-corrected chi connectivity index (χ4v) is 3.28. The Kier molecular flexibility index (Phi) is 6.64. The Morgan fingerprint density at radius 3 is 2.36 bits per heavy atom. The van der Waals surface area contributed by atoms with E-state index in [1.807, 2.05) is 60.7 Å². The topological polar surface area (TPSA) is 57.4 Å². The fourth-order valence-electron chi connectivity index (χ4n) is 3.28. The second-order valence-electron chi connectivity index (χ2n) is 7.55. The van der Waals surface area contributed by atoms with Crippen LogP contribution in [0, 0.1) is 5.82 Å². The lowest BCUT2D eigenvalue weighted by Gasteiger charge is -2.26. The number of hydrazone groups is 1. The van der Waals surface area contributed by atoms with Gasteiger partial charge in [-0.3, -0.25) is 4.99 Å². The summed E-state index contributed by atoms with van der Waals surface area (Å²) >= 11 is 0. The van der Waals surface area contributed by atoms with Gasteiger partial charge in [-0.2, -0.15) is 5.10 Å². The molecule has 4 rings (SSSR count). The molecule has 166 valence electrons. The van der Waals surface area contributed by atoms with Gasteiger partial charge in [0.2, 0.25) is 0 Å². The summed E-state index contributed by atoms with van der Waals surface area (Å²) in [7, 11) is 0. The average molecular weight is 442 g/mol. The Morgan fingerprint density at radius 2 is 1.70 bits per heavy atom. The molecule has 5 nitrogen and oxygen atoms in total. The molecule has 1 N–H and O–H groups in total. The first-order chi connectivity index (χ1) is 16.0. The minimum Gasteiger partial charge on any atom is -0.507 e. The molecule has 0 spiro atoms. The lowest BCUT2D eigenvalue weighted by Crippen LogP contribution is -2.24. The van der Waals surface area contributed by atoms with Crippen LogP contribution in [0.1, 0.15) is 23.6 Å². The zero-order valence-electron chi connectivity index (χ0n) is 18.3. The largest absolute Gasteiger partial charge is 0.507 e. The van der Waals surface area contributed by atoms with E-state index in [1.54, 1.807) is 24.1 Å². The van der Waals surface area contributed by atoms with Gasteiger partial charge in [0, 0.05) is 11.1 Å². The normalized spacial score (nSPS) is 13.9. The van der Waals surface area contributed by atoms with Crippen LogP contribution in [0.25, 0.3) is 5.70 Å². The van der Waals surface area contributed by atoms with Crippen molar-refractivity contribution >= 4 is 17.1 Å². The summed E-state index contributed by atoms with van der Waals surface area (Å²) in [5.41, 5.74) is 4.71. The molecular formula is C27H24FN3O2. The van der Waals surface area contributed by atoms with E-state index in [9.17, 15) is 9.50 Å². The van der Waals surface area contributed by atoms with Crippen LogP contribution in [0.5, 0.6) is 5.75 Å². The summed E-state index contributed by atoms with van der Waals surface area (Å²) in [6.45, 7) is 5.95. The third kappa shape index (κ3) is 5.54. The molecule has 3 aromatic rings. The third-order valence-corrected chi connectivity index (χ3v) is 5.15. The number of hydrogen-bond acceptors (Lipinski definition) is 5. The van der Waals surface area contributed by atoms with Crippen molar-refractivity contribution in [1.82, 2.24) is 5.01 Å². The Balaban J connectivity index is 1.60. The van der Waals surface area contributed by atoms with Crippen molar-refractivity contribution in [2.45, 2.75) is 13.5 Å². The monoisotopic (exact) mass is 441 g/mol. The number of rotatable bonds is 7. The summed E-state index contributed by atoms with van der Waals surface area (Å²) in [6, 6.07) is 23.9. The number of ether oxygens (including phenoxy) is 1. The van der Waals surface area contributed by atoms with Gasteiger partial charge in [-0.25, -0.2) is 9.40 Å². The summed E-state index contributed by atoms with van der Waals surface area (Å²) in [5.74, 6) is 0.350. The van der Waals surface area contributed by atoms with Crippen molar-refractivity contribution in [3.63, 3.8) is 0 Å². The second kappa shape index (κ2) is 9.96. The van der Waals surface area contributed by atoms with Gasteiger partial charge in [0.25, 0.3) is 0 Å². The third-order valence-electron chi connectivity index (χ3n) is 5.15. The lowest BCUT2D eigenvalue weighted by molar-refractivity contribution is 0.306. The lowest BCUT2D eigenvalue weighted by atomic mass is 10.0. The van der Waals surface area contributed by atoms with E-state index < -0.39 is 0 Å². The van der Waals surface area contributed by atoms with Gasteiger partial charge in [-0.05, 0) is 67.1 Å². The molecule has 0 radical (unpaired) electrons. The highest BCUT2D eigenvalue weighted by atomic mass is 19.1. The van der Waals surface area contributed by atoms with Crippen molar-refractivity contribution in [3.8, 4) is 5.75 Å². The van der Waals surface area contributed by atoms with Crippen LogP contribution in [-0.4, -0.2) is 28.2 Å². The maximum atomic E-state index is 13.4. The number of hydrogen-bond donors (Lipinski definition) is 1. The molecule has 6 heteroatoms. The molecule has 1 heterocycles. The smallest absolute Gasteiger partial charge is 0.132 e. The number of aliphatic hydroxyl groups excluding tert-OH is 1. The van der Waals surface area contributed by atoms with Crippen molar-refractivity contribution in [1.29, 1.82) is 0 Å². The fraction of sp³-hybridized carbons (Fsp3) is 0.111. The molecular weight excluding hydrogens is 417 g/mol. The number of halogens is 1. The Labute approximate surface area is 192 Å². The van der Waals surface area contributed by atoms with Crippen molar-refractivity contribution < 1.29 is 14.2 Å². The van der Waals surface area contributed by atoms with Gasteiger partial charge < -0.3 is 9.84 Å². The summed E-state index contributed by atoms with van der Waals surface area (Å²) < 4.78 is 19.3. The van der Waals surface area contributed by atoms with Gasteiger partial charge in [0.05, 0.1) is 17.1 Å². The predicted octanol–water partition coefficient (Wildman–Crippen LogP) is 5.96. The van der Waals surface area contributed by atoms with Crippen LogP contribution in [0.4, 0.5) is 4.39 Å². The van der Waals surface area contributed by atoms with Gasteiger partial charge in [-0.15, -0.1) is 0 Å². The molecule has 0 saturated carbocycles. The van der Waals surface area contributed by atoms with E-state index in [0.717, 1.165) is 33.8 Å². The van der Waals surface area contributed by atoms with E-state index in [0.29, 0.717) is 12.3 Å². The minimum absolute atomic E-state index is 0.104. The quantitative estimate of drug-likeness (QED) is 0.364. The zero-order chi connectivity index (χ0) is 23.2. The predicted molar refractivity (Wildman–Crippen MR) is 130 cm³/mol. The van der Waals surface area contributed by atoms with Crippen LogP contribution in [0.3, 0.4) is 0 Å². The van der Waals surface area contributed by atoms with Crippen LogP contribution >= 0.6 is 0 Å².